The van der Waals surface area contributed by atoms with Gasteiger partial charge < -0.3 is 4.42 Å². The molecule has 52 heavy (non-hydrogen) atoms. The number of fused-ring (bicyclic) bond motifs is 6. The summed E-state index contributed by atoms with van der Waals surface area (Å²) in [6, 6.07) is 60.8. The van der Waals surface area contributed by atoms with Crippen molar-refractivity contribution in [3.05, 3.63) is 193 Å². The average molecular weight is 668 g/mol. The molecule has 0 amide bonds. The van der Waals surface area contributed by atoms with Crippen molar-refractivity contribution in [2.75, 3.05) is 0 Å². The minimum absolute atomic E-state index is 0.416. The monoisotopic (exact) mass is 667 g/mol. The van der Waals surface area contributed by atoms with Crippen LogP contribution in [0.3, 0.4) is 0 Å². The molecule has 0 aliphatic rings. The maximum Gasteiger partial charge on any atom is 0.161 e. The van der Waals surface area contributed by atoms with Gasteiger partial charge in [0.15, 0.2) is 11.7 Å². The van der Waals surface area contributed by atoms with Crippen molar-refractivity contribution in [2.24, 2.45) is 15.0 Å². The smallest absolute Gasteiger partial charge is 0.161 e. The zero-order valence-corrected chi connectivity index (χ0v) is 28.4. The first-order chi connectivity index (χ1) is 25.7. The first-order valence-electron chi connectivity index (χ1n) is 17.4. The second-order valence-electron chi connectivity index (χ2n) is 12.9. The van der Waals surface area contributed by atoms with Gasteiger partial charge in [0.25, 0.3) is 0 Å². The van der Waals surface area contributed by atoms with Crippen LogP contribution < -0.4 is 0 Å². The van der Waals surface area contributed by atoms with Crippen LogP contribution in [0.2, 0.25) is 0 Å². The summed E-state index contributed by atoms with van der Waals surface area (Å²) in [7, 11) is 0. The van der Waals surface area contributed by atoms with Gasteiger partial charge in [0.1, 0.15) is 11.2 Å². The molecule has 9 rings (SSSR count). The third-order valence-electron chi connectivity index (χ3n) is 9.67. The molecule has 246 valence electrons. The molecule has 0 N–H and O–H groups in total. The maximum atomic E-state index is 6.51. The van der Waals surface area contributed by atoms with E-state index >= 15 is 0 Å². The molecule has 4 heteroatoms. The molecular formula is C48H33N3O. The Hall–Kier alpha value is -6.91. The van der Waals surface area contributed by atoms with E-state index in [9.17, 15) is 0 Å². The van der Waals surface area contributed by atoms with Crippen LogP contribution >= 0.6 is 0 Å². The van der Waals surface area contributed by atoms with Crippen LogP contribution in [0.5, 0.6) is 0 Å². The topological polar surface area (TPSA) is 50.2 Å². The lowest BCUT2D eigenvalue weighted by atomic mass is 9.98. The Morgan fingerprint density at radius 2 is 1.08 bits per heavy atom. The molecule has 1 aromatic heterocycles. The summed E-state index contributed by atoms with van der Waals surface area (Å²) >= 11 is 0. The zero-order valence-electron chi connectivity index (χ0n) is 28.4. The van der Waals surface area contributed by atoms with E-state index in [2.05, 4.69) is 145 Å². The summed E-state index contributed by atoms with van der Waals surface area (Å²) in [5.41, 5.74) is 9.32. The van der Waals surface area contributed by atoms with Crippen LogP contribution in [0.4, 0.5) is 0 Å². The fourth-order valence-corrected chi connectivity index (χ4v) is 7.04. The fourth-order valence-electron chi connectivity index (χ4n) is 7.04. The number of nitrogens with zero attached hydrogens (tertiary/aromatic N) is 3. The van der Waals surface area contributed by atoms with Gasteiger partial charge in [0.2, 0.25) is 0 Å². The second kappa shape index (κ2) is 13.4. The van der Waals surface area contributed by atoms with E-state index < -0.39 is 0 Å². The summed E-state index contributed by atoms with van der Waals surface area (Å²) in [5.74, 6) is 1.11. The van der Waals surface area contributed by atoms with Crippen molar-refractivity contribution in [1.82, 2.24) is 0 Å². The first-order valence-corrected chi connectivity index (χ1v) is 17.4. The van der Waals surface area contributed by atoms with Gasteiger partial charge in [-0.1, -0.05) is 146 Å². The number of hydrogen-bond donors (Lipinski definition) is 0. The van der Waals surface area contributed by atoms with Gasteiger partial charge in [-0.05, 0) is 81.0 Å². The lowest BCUT2D eigenvalue weighted by molar-refractivity contribution is 0.672. The molecule has 0 aliphatic heterocycles. The van der Waals surface area contributed by atoms with E-state index in [1.54, 1.807) is 0 Å². The number of amidine groups is 2. The van der Waals surface area contributed by atoms with E-state index in [-0.39, 0.29) is 0 Å². The molecule has 1 heterocycles. The summed E-state index contributed by atoms with van der Waals surface area (Å²) < 4.78 is 6.51. The maximum absolute atomic E-state index is 6.51. The largest absolute Gasteiger partial charge is 0.455 e. The second-order valence-corrected chi connectivity index (χ2v) is 12.9. The lowest BCUT2D eigenvalue weighted by Crippen LogP contribution is -2.05. The Kier molecular flexibility index (Phi) is 8.03. The third-order valence-corrected chi connectivity index (χ3v) is 9.67. The Balaban J connectivity index is 1.13. The van der Waals surface area contributed by atoms with Crippen molar-refractivity contribution in [2.45, 2.75) is 6.54 Å². The summed E-state index contributed by atoms with van der Waals surface area (Å²) in [6.45, 7) is 4.33. The van der Waals surface area contributed by atoms with Gasteiger partial charge >= 0.3 is 0 Å². The van der Waals surface area contributed by atoms with Gasteiger partial charge in [0.05, 0.1) is 6.54 Å². The highest BCUT2D eigenvalue weighted by Gasteiger charge is 2.15. The van der Waals surface area contributed by atoms with E-state index in [1.165, 1.54) is 16.7 Å². The summed E-state index contributed by atoms with van der Waals surface area (Å²) in [4.78, 5) is 14.7. The molecule has 0 fully saturated rings. The van der Waals surface area contributed by atoms with E-state index in [0.717, 1.165) is 65.7 Å². The molecular weight excluding hydrogens is 635 g/mol. The normalized spacial score (nSPS) is 12.2. The Bertz CT molecular complexity index is 2820. The molecule has 0 saturated carbocycles. The van der Waals surface area contributed by atoms with Crippen LogP contribution in [-0.4, -0.2) is 18.4 Å². The van der Waals surface area contributed by atoms with Gasteiger partial charge in [-0.3, -0.25) is 4.99 Å². The Labute approximate surface area is 301 Å². The van der Waals surface area contributed by atoms with Crippen LogP contribution in [0.25, 0.3) is 65.7 Å². The van der Waals surface area contributed by atoms with Crippen molar-refractivity contribution >= 4 is 61.9 Å². The van der Waals surface area contributed by atoms with E-state index in [1.807, 2.05) is 42.5 Å². The number of furan rings is 1. The Morgan fingerprint density at radius 3 is 1.81 bits per heavy atom. The Morgan fingerprint density at radius 1 is 0.462 bits per heavy atom. The molecule has 0 radical (unpaired) electrons. The average Bonchev–Trinajstić information content (AvgIpc) is 3.59. The molecule has 0 atom stereocenters. The van der Waals surface area contributed by atoms with Crippen LogP contribution in [-0.2, 0) is 6.54 Å². The van der Waals surface area contributed by atoms with Gasteiger partial charge in [-0.15, -0.1) is 0 Å². The standard InChI is InChI=1S/C48H33N3O/c1-49-47(39-24-23-36-27-35(21-22-37(36)28-39)32-13-5-2-6-14-32)51-48(34-17-9-4-10-18-34)50-31-40-30-44-43-29-38(33-15-7-3-8-16-33)25-26-45(43)52-46(44)42-20-12-11-19-41(40)42/h2-30H,1,31H2. The quantitative estimate of drug-likeness (QED) is 0.129. The lowest BCUT2D eigenvalue weighted by Gasteiger charge is -2.09. The third kappa shape index (κ3) is 5.86. The minimum atomic E-state index is 0.416. The summed E-state index contributed by atoms with van der Waals surface area (Å²) in [6.07, 6.45) is 0. The van der Waals surface area contributed by atoms with Crippen molar-refractivity contribution in [3.8, 4) is 22.3 Å². The number of aliphatic imine (C=N–C) groups is 3. The van der Waals surface area contributed by atoms with Gasteiger partial charge in [-0.2, -0.15) is 0 Å². The summed E-state index contributed by atoms with van der Waals surface area (Å²) in [5, 5.41) is 6.57. The fraction of sp³-hybridized carbons (Fsp3) is 0.0208. The molecule has 0 bridgehead atoms. The highest BCUT2D eigenvalue weighted by atomic mass is 16.3. The predicted octanol–water partition coefficient (Wildman–Crippen LogP) is 12.3. The van der Waals surface area contributed by atoms with Crippen LogP contribution in [0.1, 0.15) is 16.7 Å². The number of hydrogen-bond acceptors (Lipinski definition) is 2. The minimum Gasteiger partial charge on any atom is -0.455 e. The van der Waals surface area contributed by atoms with Crippen LogP contribution in [0.15, 0.2) is 195 Å². The SMILES string of the molecule is C=NC(=NC(=NCc1cc2c3cc(-c4ccccc4)ccc3oc2c2ccccc12)c1ccccc1)c1ccc2cc(-c3ccccc3)ccc2c1. The van der Waals surface area contributed by atoms with Crippen molar-refractivity contribution in [1.29, 1.82) is 0 Å². The molecule has 9 aromatic rings. The highest BCUT2D eigenvalue weighted by molar-refractivity contribution is 6.17. The van der Waals surface area contributed by atoms with Crippen LogP contribution in [0, 0.1) is 0 Å². The molecule has 0 spiro atoms. The number of benzene rings is 8. The molecule has 4 nitrogen and oxygen atoms in total. The zero-order chi connectivity index (χ0) is 34.9. The molecule has 0 aliphatic carbocycles. The number of rotatable bonds is 6. The van der Waals surface area contributed by atoms with E-state index in [4.69, 9.17) is 14.4 Å². The molecule has 0 unspecified atom stereocenters. The van der Waals surface area contributed by atoms with E-state index in [0.29, 0.717) is 18.2 Å². The predicted molar refractivity (Wildman–Crippen MR) is 219 cm³/mol. The molecule has 0 saturated heterocycles. The highest BCUT2D eigenvalue weighted by Crippen LogP contribution is 2.38. The van der Waals surface area contributed by atoms with Crippen molar-refractivity contribution in [3.63, 3.8) is 0 Å². The van der Waals surface area contributed by atoms with Gasteiger partial charge in [0, 0.05) is 27.3 Å². The first kappa shape index (κ1) is 31.1. The van der Waals surface area contributed by atoms with Gasteiger partial charge in [-0.25, -0.2) is 9.98 Å². The molecule has 8 aromatic carbocycles. The van der Waals surface area contributed by atoms with Crippen molar-refractivity contribution < 1.29 is 4.42 Å².